The Balaban J connectivity index is 2.21. The van der Waals surface area contributed by atoms with Crippen LogP contribution in [0.5, 0.6) is 0 Å². The van der Waals surface area contributed by atoms with Crippen LogP contribution in [0.15, 0.2) is 29.2 Å². The van der Waals surface area contributed by atoms with E-state index in [9.17, 15) is 13.2 Å². The predicted molar refractivity (Wildman–Crippen MR) is 76.6 cm³/mol. The second kappa shape index (κ2) is 6.55. The quantitative estimate of drug-likeness (QED) is 0.850. The van der Waals surface area contributed by atoms with Crippen LogP contribution in [-0.4, -0.2) is 50.1 Å². The monoisotopic (exact) mass is 313 g/mol. The van der Waals surface area contributed by atoms with Crippen molar-refractivity contribution in [3.8, 4) is 0 Å². The Morgan fingerprint density at radius 2 is 2.05 bits per heavy atom. The molecule has 1 atom stereocenters. The summed E-state index contributed by atoms with van der Waals surface area (Å²) in [7, 11) is -2.14. The lowest BCUT2D eigenvalue weighted by Crippen LogP contribution is -2.40. The van der Waals surface area contributed by atoms with Crippen LogP contribution in [0.25, 0.3) is 0 Å². The molecule has 0 bridgehead atoms. The van der Waals surface area contributed by atoms with E-state index in [0.717, 1.165) is 9.87 Å². The molecule has 0 spiro atoms. The van der Waals surface area contributed by atoms with Crippen LogP contribution in [0.4, 0.5) is 0 Å². The van der Waals surface area contributed by atoms with Crippen LogP contribution in [0.3, 0.4) is 0 Å². The maximum absolute atomic E-state index is 12.5. The molecule has 0 radical (unpaired) electrons. The molecule has 1 N–H and O–H groups in total. The van der Waals surface area contributed by atoms with Gasteiger partial charge in [0.05, 0.1) is 11.5 Å². The zero-order valence-corrected chi connectivity index (χ0v) is 12.7. The fourth-order valence-electron chi connectivity index (χ4n) is 2.46. The summed E-state index contributed by atoms with van der Waals surface area (Å²) in [5.41, 5.74) is 0.979. The van der Waals surface area contributed by atoms with Gasteiger partial charge >= 0.3 is 5.97 Å². The van der Waals surface area contributed by atoms with Crippen LogP contribution in [0.1, 0.15) is 18.4 Å². The third kappa shape index (κ3) is 3.42. The first-order valence-corrected chi connectivity index (χ1v) is 8.23. The number of aliphatic carboxylic acids is 1. The van der Waals surface area contributed by atoms with Gasteiger partial charge in [-0.25, -0.2) is 8.42 Å². The summed E-state index contributed by atoms with van der Waals surface area (Å²) >= 11 is 0. The Morgan fingerprint density at radius 1 is 1.38 bits per heavy atom. The molecule has 0 unspecified atom stereocenters. The number of rotatable bonds is 6. The van der Waals surface area contributed by atoms with Gasteiger partial charge in [0.15, 0.2) is 0 Å². The molecule has 1 aliphatic rings. The average Bonchev–Trinajstić information content (AvgIpc) is 2.96. The number of methoxy groups -OCH3 is 1. The Labute approximate surface area is 124 Å². The van der Waals surface area contributed by atoms with Crippen molar-refractivity contribution in [2.24, 2.45) is 0 Å². The maximum atomic E-state index is 12.5. The third-order valence-electron chi connectivity index (χ3n) is 3.61. The first-order chi connectivity index (χ1) is 9.96. The van der Waals surface area contributed by atoms with Crippen LogP contribution in [0, 0.1) is 0 Å². The highest BCUT2D eigenvalue weighted by atomic mass is 32.2. The second-order valence-corrected chi connectivity index (χ2v) is 6.89. The highest BCUT2D eigenvalue weighted by molar-refractivity contribution is 7.89. The molecule has 0 aliphatic carbocycles. The number of hydrogen-bond donors (Lipinski definition) is 1. The van der Waals surface area contributed by atoms with Crippen molar-refractivity contribution in [3.63, 3.8) is 0 Å². The summed E-state index contributed by atoms with van der Waals surface area (Å²) < 4.78 is 31.1. The number of carboxylic acids is 1. The lowest BCUT2D eigenvalue weighted by Gasteiger charge is -2.21. The van der Waals surface area contributed by atoms with Crippen LogP contribution >= 0.6 is 0 Å². The summed E-state index contributed by atoms with van der Waals surface area (Å²) in [5.74, 6) is -1.09. The first kappa shape index (κ1) is 15.9. The Kier molecular flexibility index (Phi) is 4.97. The van der Waals surface area contributed by atoms with E-state index in [0.29, 0.717) is 25.9 Å². The van der Waals surface area contributed by atoms with Crippen molar-refractivity contribution in [3.05, 3.63) is 29.8 Å². The topological polar surface area (TPSA) is 83.9 Å². The van der Waals surface area contributed by atoms with Crippen molar-refractivity contribution < 1.29 is 23.1 Å². The molecule has 0 saturated carbocycles. The summed E-state index contributed by atoms with van der Waals surface area (Å²) in [4.78, 5) is 11.3. The van der Waals surface area contributed by atoms with Crippen molar-refractivity contribution in [2.75, 3.05) is 20.3 Å². The zero-order chi connectivity index (χ0) is 15.5. The fourth-order valence-corrected chi connectivity index (χ4v) is 4.11. The van der Waals surface area contributed by atoms with E-state index in [1.165, 1.54) is 12.1 Å². The van der Waals surface area contributed by atoms with Crippen molar-refractivity contribution in [2.45, 2.75) is 30.2 Å². The number of carboxylic acid groups (broad SMARTS) is 1. The minimum Gasteiger partial charge on any atom is -0.480 e. The van der Waals surface area contributed by atoms with Gasteiger partial charge in [-0.05, 0) is 37.0 Å². The normalized spacial score (nSPS) is 19.8. The minimum atomic E-state index is -3.75. The molecule has 21 heavy (non-hydrogen) atoms. The summed E-state index contributed by atoms with van der Waals surface area (Å²) in [5, 5.41) is 9.12. The standard InChI is InChI=1S/C14H19NO5S/c1-20-10-8-11-4-6-12(7-5-11)21(18,19)15-9-2-3-13(15)14(16)17/h4-7,13H,2-3,8-10H2,1H3,(H,16,17)/t13-/m0/s1. The van der Waals surface area contributed by atoms with E-state index in [1.54, 1.807) is 19.2 Å². The van der Waals surface area contributed by atoms with Gasteiger partial charge < -0.3 is 9.84 Å². The molecule has 6 nitrogen and oxygen atoms in total. The fraction of sp³-hybridized carbons (Fsp3) is 0.500. The number of hydrogen-bond acceptors (Lipinski definition) is 4. The van der Waals surface area contributed by atoms with Crippen molar-refractivity contribution in [1.82, 2.24) is 4.31 Å². The van der Waals surface area contributed by atoms with E-state index in [2.05, 4.69) is 0 Å². The number of nitrogens with zero attached hydrogens (tertiary/aromatic N) is 1. The molecule has 0 aromatic heterocycles. The lowest BCUT2D eigenvalue weighted by molar-refractivity contribution is -0.140. The van der Waals surface area contributed by atoms with Gasteiger partial charge in [0, 0.05) is 13.7 Å². The van der Waals surface area contributed by atoms with Crippen LogP contribution in [-0.2, 0) is 26.0 Å². The molecule has 1 saturated heterocycles. The van der Waals surface area contributed by atoms with Crippen LogP contribution in [0.2, 0.25) is 0 Å². The Morgan fingerprint density at radius 3 is 2.62 bits per heavy atom. The molecule has 0 amide bonds. The number of sulfonamides is 1. The second-order valence-electron chi connectivity index (χ2n) is 5.00. The molecule has 1 aliphatic heterocycles. The van der Waals surface area contributed by atoms with Gasteiger partial charge in [-0.2, -0.15) is 4.31 Å². The summed E-state index contributed by atoms with van der Waals surface area (Å²) in [6.07, 6.45) is 1.64. The summed E-state index contributed by atoms with van der Waals surface area (Å²) in [6.45, 7) is 0.823. The average molecular weight is 313 g/mol. The third-order valence-corrected chi connectivity index (χ3v) is 5.54. The smallest absolute Gasteiger partial charge is 0.322 e. The van der Waals surface area contributed by atoms with Gasteiger partial charge in [0.25, 0.3) is 0 Å². The van der Waals surface area contributed by atoms with Gasteiger partial charge in [-0.1, -0.05) is 12.1 Å². The molecular weight excluding hydrogens is 294 g/mol. The maximum Gasteiger partial charge on any atom is 0.322 e. The summed E-state index contributed by atoms with van der Waals surface area (Å²) in [6, 6.07) is 5.56. The highest BCUT2D eigenvalue weighted by Gasteiger charge is 2.39. The van der Waals surface area contributed by atoms with Gasteiger partial charge in [-0.15, -0.1) is 0 Å². The molecule has 1 fully saturated rings. The lowest BCUT2D eigenvalue weighted by atomic mass is 10.2. The zero-order valence-electron chi connectivity index (χ0n) is 11.9. The molecule has 116 valence electrons. The molecule has 2 rings (SSSR count). The highest BCUT2D eigenvalue weighted by Crippen LogP contribution is 2.26. The largest absolute Gasteiger partial charge is 0.480 e. The van der Waals surface area contributed by atoms with Crippen molar-refractivity contribution >= 4 is 16.0 Å². The molecular formula is C14H19NO5S. The minimum absolute atomic E-state index is 0.136. The molecule has 1 aromatic rings. The first-order valence-electron chi connectivity index (χ1n) is 6.79. The molecule has 7 heteroatoms. The van der Waals surface area contributed by atoms with E-state index in [-0.39, 0.29) is 11.4 Å². The number of ether oxygens (including phenoxy) is 1. The SMILES string of the molecule is COCCc1ccc(S(=O)(=O)N2CCC[C@H]2C(=O)O)cc1. The van der Waals surface area contributed by atoms with E-state index in [1.807, 2.05) is 0 Å². The van der Waals surface area contributed by atoms with E-state index < -0.39 is 22.0 Å². The number of benzene rings is 1. The van der Waals surface area contributed by atoms with Gasteiger partial charge in [0.1, 0.15) is 6.04 Å². The van der Waals surface area contributed by atoms with Crippen LogP contribution < -0.4 is 0 Å². The van der Waals surface area contributed by atoms with E-state index >= 15 is 0 Å². The molecule has 1 aromatic carbocycles. The Bertz CT molecular complexity index is 596. The number of carbonyl (C=O) groups is 1. The van der Waals surface area contributed by atoms with E-state index in [4.69, 9.17) is 9.84 Å². The Hall–Kier alpha value is -1.44. The predicted octanol–water partition coefficient (Wildman–Crippen LogP) is 1.11. The van der Waals surface area contributed by atoms with Gasteiger partial charge in [-0.3, -0.25) is 4.79 Å². The molecule has 1 heterocycles. The van der Waals surface area contributed by atoms with Gasteiger partial charge in [0.2, 0.25) is 10.0 Å². The van der Waals surface area contributed by atoms with Crippen molar-refractivity contribution in [1.29, 1.82) is 0 Å².